The number of halogens is 1. The van der Waals surface area contributed by atoms with Crippen molar-refractivity contribution in [1.29, 1.82) is 0 Å². The lowest BCUT2D eigenvalue weighted by Gasteiger charge is -2.08. The summed E-state index contributed by atoms with van der Waals surface area (Å²) >= 11 is 0. The molecule has 0 aliphatic carbocycles. The molecular formula is C21H29FN6O. The number of nitrogen functional groups attached to an aromatic ring is 1. The minimum atomic E-state index is -0.536. The Kier molecular flexibility index (Phi) is 9.90. The molecule has 7 nitrogen and oxygen atoms in total. The highest BCUT2D eigenvalue weighted by Gasteiger charge is 2.15. The van der Waals surface area contributed by atoms with Crippen molar-refractivity contribution in [1.82, 2.24) is 10.3 Å². The predicted octanol–water partition coefficient (Wildman–Crippen LogP) is 2.50. The molecule has 0 aliphatic heterocycles. The third-order valence-electron chi connectivity index (χ3n) is 3.68. The first-order chi connectivity index (χ1) is 13.9. The van der Waals surface area contributed by atoms with E-state index in [-0.39, 0.29) is 22.5 Å². The molecule has 0 saturated heterocycles. The first-order valence-electron chi connectivity index (χ1n) is 9.26. The number of rotatable bonds is 7. The molecule has 0 radical (unpaired) electrons. The first kappa shape index (κ1) is 23.6. The molecule has 29 heavy (non-hydrogen) atoms. The van der Waals surface area contributed by atoms with Gasteiger partial charge in [-0.1, -0.05) is 31.7 Å². The summed E-state index contributed by atoms with van der Waals surface area (Å²) in [6.45, 7) is 9.16. The molecule has 2 rings (SSSR count). The molecule has 0 fully saturated rings. The quantitative estimate of drug-likeness (QED) is 0.276. The van der Waals surface area contributed by atoms with Crippen LogP contribution in [0.25, 0.3) is 10.9 Å². The molecule has 0 spiro atoms. The van der Waals surface area contributed by atoms with Crippen molar-refractivity contribution in [3.8, 4) is 0 Å². The van der Waals surface area contributed by atoms with Gasteiger partial charge in [0.15, 0.2) is 0 Å². The second kappa shape index (κ2) is 12.1. The lowest BCUT2D eigenvalue weighted by Crippen LogP contribution is -2.26. The maximum absolute atomic E-state index is 14.0. The molecule has 0 atom stereocenters. The lowest BCUT2D eigenvalue weighted by molar-refractivity contribution is 0.640. The normalized spacial score (nSPS) is 12.0. The summed E-state index contributed by atoms with van der Waals surface area (Å²) in [7, 11) is 0. The number of benzene rings is 1. The number of allylic oxidation sites excluding steroid dienone is 3. The van der Waals surface area contributed by atoms with Crippen molar-refractivity contribution < 1.29 is 4.39 Å². The third-order valence-corrected chi connectivity index (χ3v) is 3.68. The maximum Gasteiger partial charge on any atom is 0.261 e. The van der Waals surface area contributed by atoms with Gasteiger partial charge in [-0.2, -0.15) is 0 Å². The van der Waals surface area contributed by atoms with E-state index in [9.17, 15) is 9.18 Å². The van der Waals surface area contributed by atoms with Crippen LogP contribution in [0.2, 0.25) is 0 Å². The van der Waals surface area contributed by atoms with Crippen LogP contribution < -0.4 is 28.1 Å². The molecule has 0 aliphatic rings. The van der Waals surface area contributed by atoms with Gasteiger partial charge in [-0.05, 0) is 38.1 Å². The highest BCUT2D eigenvalue weighted by atomic mass is 19.1. The smallest absolute Gasteiger partial charge is 0.261 e. The van der Waals surface area contributed by atoms with Gasteiger partial charge in [-0.25, -0.2) is 9.38 Å². The number of nitrogens with zero attached hydrogens (tertiary/aromatic N) is 1. The molecule has 8 heteroatoms. The largest absolute Gasteiger partial charge is 0.397 e. The van der Waals surface area contributed by atoms with E-state index in [0.29, 0.717) is 11.9 Å². The number of aromatic nitrogens is 1. The van der Waals surface area contributed by atoms with Crippen LogP contribution in [-0.2, 0) is 0 Å². The molecule has 1 heterocycles. The highest BCUT2D eigenvalue weighted by Crippen LogP contribution is 2.23. The van der Waals surface area contributed by atoms with Crippen LogP contribution in [0, 0.1) is 5.82 Å². The van der Waals surface area contributed by atoms with Gasteiger partial charge in [0.2, 0.25) is 0 Å². The molecule has 0 amide bonds. The maximum atomic E-state index is 14.0. The van der Waals surface area contributed by atoms with Crippen molar-refractivity contribution in [2.45, 2.75) is 20.3 Å². The lowest BCUT2D eigenvalue weighted by atomic mass is 10.1. The number of hydrogen-bond donors (Lipinski definition) is 5. The van der Waals surface area contributed by atoms with Crippen LogP contribution in [0.5, 0.6) is 0 Å². The Morgan fingerprint density at radius 2 is 2.07 bits per heavy atom. The molecule has 156 valence electrons. The number of fused-ring (bicyclic) bond motifs is 1. The average molecular weight is 401 g/mol. The fourth-order valence-corrected chi connectivity index (χ4v) is 2.47. The average Bonchev–Trinajstić information content (AvgIpc) is 2.67. The van der Waals surface area contributed by atoms with E-state index in [1.807, 2.05) is 19.9 Å². The number of aromatic amines is 1. The zero-order valence-corrected chi connectivity index (χ0v) is 16.8. The van der Waals surface area contributed by atoms with E-state index in [4.69, 9.17) is 17.2 Å². The van der Waals surface area contributed by atoms with Gasteiger partial charge in [-0.15, -0.1) is 0 Å². The fourth-order valence-electron chi connectivity index (χ4n) is 2.47. The summed E-state index contributed by atoms with van der Waals surface area (Å²) in [4.78, 5) is 18.8. The third kappa shape index (κ3) is 6.62. The SMILES string of the molecule is C=CC(=CC/C=C/N=C(N)c1c(N)c2c(F)cccc2[nH]c1=O)NCC.CCN. The minimum absolute atomic E-state index is 0.0301. The first-order valence-corrected chi connectivity index (χ1v) is 9.26. The number of nitrogens with one attached hydrogen (secondary N) is 2. The Morgan fingerprint density at radius 1 is 1.38 bits per heavy atom. The number of amidine groups is 1. The second-order valence-corrected chi connectivity index (χ2v) is 5.84. The van der Waals surface area contributed by atoms with E-state index >= 15 is 0 Å². The van der Waals surface area contributed by atoms with Crippen LogP contribution in [-0.4, -0.2) is 23.9 Å². The number of hydrogen-bond acceptors (Lipinski definition) is 5. The number of nitrogens with two attached hydrogens (primary N) is 3. The topological polar surface area (TPSA) is 135 Å². The van der Waals surface area contributed by atoms with Gasteiger partial charge in [0, 0.05) is 18.4 Å². The van der Waals surface area contributed by atoms with Crippen LogP contribution in [0.4, 0.5) is 10.1 Å². The van der Waals surface area contributed by atoms with Crippen LogP contribution >= 0.6 is 0 Å². The van der Waals surface area contributed by atoms with E-state index < -0.39 is 11.4 Å². The van der Waals surface area contributed by atoms with E-state index in [0.717, 1.165) is 18.8 Å². The second-order valence-electron chi connectivity index (χ2n) is 5.84. The Bertz CT molecular complexity index is 975. The number of aliphatic imine (C=N–C) groups is 1. The van der Waals surface area contributed by atoms with Gasteiger partial charge < -0.3 is 27.5 Å². The Hall–Kier alpha value is -3.39. The Morgan fingerprint density at radius 3 is 2.69 bits per heavy atom. The van der Waals surface area contributed by atoms with Gasteiger partial charge in [0.05, 0.1) is 16.6 Å². The van der Waals surface area contributed by atoms with Gasteiger partial charge in [0.25, 0.3) is 5.56 Å². The zero-order valence-electron chi connectivity index (χ0n) is 16.8. The number of H-pyrrole nitrogens is 1. The molecule has 1 aromatic heterocycles. The van der Waals surface area contributed by atoms with E-state index in [2.05, 4.69) is 21.9 Å². The summed E-state index contributed by atoms with van der Waals surface area (Å²) in [6.07, 6.45) is 7.50. The summed E-state index contributed by atoms with van der Waals surface area (Å²) in [5.41, 5.74) is 17.3. The molecule has 0 bridgehead atoms. The van der Waals surface area contributed by atoms with Crippen molar-refractivity contribution in [2.24, 2.45) is 16.5 Å². The van der Waals surface area contributed by atoms with Crippen LogP contribution in [0.3, 0.4) is 0 Å². The van der Waals surface area contributed by atoms with E-state index in [1.54, 1.807) is 18.2 Å². The molecule has 2 aromatic rings. The van der Waals surface area contributed by atoms with Gasteiger partial charge >= 0.3 is 0 Å². The minimum Gasteiger partial charge on any atom is -0.397 e. The van der Waals surface area contributed by atoms with Crippen molar-refractivity contribution in [3.63, 3.8) is 0 Å². The zero-order chi connectivity index (χ0) is 21.8. The standard InChI is InChI=1S/C19H22FN5O.C2H7N/c1-3-12(23-4-2)8-5-6-11-24-18(22)16-17(21)15-13(20)9-7-10-14(15)25-19(16)26;1-2-3/h3,6-11,23H,1,4-5H2,2H3,(H2,22,24)(H3,21,25,26);2-3H2,1H3/b11-6+,12-8?;. The summed E-state index contributed by atoms with van der Waals surface area (Å²) in [5.74, 6) is -0.615. The van der Waals surface area contributed by atoms with Crippen molar-refractivity contribution >= 4 is 22.4 Å². The molecule has 1 aromatic carbocycles. The van der Waals surface area contributed by atoms with Crippen molar-refractivity contribution in [2.75, 3.05) is 18.8 Å². The number of anilines is 1. The molecule has 0 unspecified atom stereocenters. The molecule has 0 saturated carbocycles. The Labute approximate surface area is 169 Å². The van der Waals surface area contributed by atoms with Gasteiger partial charge in [-0.3, -0.25) is 4.79 Å². The van der Waals surface area contributed by atoms with Crippen LogP contribution in [0.1, 0.15) is 25.8 Å². The van der Waals surface area contributed by atoms with Crippen molar-refractivity contribution in [3.05, 3.63) is 76.6 Å². The molecule has 8 N–H and O–H groups in total. The monoisotopic (exact) mass is 400 g/mol. The van der Waals surface area contributed by atoms with Gasteiger partial charge in [0.1, 0.15) is 17.2 Å². The fraction of sp³-hybridized carbons (Fsp3) is 0.238. The summed E-state index contributed by atoms with van der Waals surface area (Å²) in [6, 6.07) is 4.33. The van der Waals surface area contributed by atoms with Crippen LogP contribution in [0.15, 0.2) is 64.7 Å². The number of likely N-dealkylation sites (N-methyl/N-ethyl adjacent to an activating group) is 1. The summed E-state index contributed by atoms with van der Waals surface area (Å²) < 4.78 is 14.0. The van der Waals surface area contributed by atoms with E-state index in [1.165, 1.54) is 18.3 Å². The Balaban J connectivity index is 0.00000132. The number of pyridine rings is 1. The summed E-state index contributed by atoms with van der Waals surface area (Å²) in [5, 5.41) is 3.27. The highest BCUT2D eigenvalue weighted by molar-refractivity contribution is 6.08. The molecular weight excluding hydrogens is 371 g/mol. The predicted molar refractivity (Wildman–Crippen MR) is 120 cm³/mol.